The lowest BCUT2D eigenvalue weighted by Crippen LogP contribution is -2.21. The Morgan fingerprint density at radius 3 is 2.35 bits per heavy atom. The van der Waals surface area contributed by atoms with Gasteiger partial charge in [0.2, 0.25) is 0 Å². The van der Waals surface area contributed by atoms with E-state index in [9.17, 15) is 9.59 Å². The number of halogens is 2. The molecule has 0 unspecified atom stereocenters. The lowest BCUT2D eigenvalue weighted by Gasteiger charge is -2.11. The van der Waals surface area contributed by atoms with Crippen molar-refractivity contribution in [3.05, 3.63) is 52.0 Å². The summed E-state index contributed by atoms with van der Waals surface area (Å²) in [6, 6.07) is 9.23. The SMILES string of the molecule is CCOc1ccc(C(=O)OCC(=O)Nc2cc(Cl)cc(Cl)c2)cc1OC. The van der Waals surface area contributed by atoms with E-state index in [0.717, 1.165) is 0 Å². The molecule has 1 amide bonds. The summed E-state index contributed by atoms with van der Waals surface area (Å²) in [4.78, 5) is 24.0. The van der Waals surface area contributed by atoms with Crippen LogP contribution < -0.4 is 14.8 Å². The quantitative estimate of drug-likeness (QED) is 0.708. The Morgan fingerprint density at radius 1 is 1.04 bits per heavy atom. The van der Waals surface area contributed by atoms with Gasteiger partial charge in [0.25, 0.3) is 5.91 Å². The minimum Gasteiger partial charge on any atom is -0.493 e. The molecule has 0 aliphatic rings. The van der Waals surface area contributed by atoms with Crippen LogP contribution in [0.25, 0.3) is 0 Å². The average Bonchev–Trinajstić information content (AvgIpc) is 2.59. The maximum Gasteiger partial charge on any atom is 0.338 e. The Balaban J connectivity index is 1.96. The minimum atomic E-state index is -0.661. The molecule has 0 aliphatic carbocycles. The second kappa shape index (κ2) is 9.31. The first kappa shape index (κ1) is 19.9. The first-order valence-corrected chi connectivity index (χ1v) is 8.42. The number of hydrogen-bond acceptors (Lipinski definition) is 5. The van der Waals surface area contributed by atoms with Crippen molar-refractivity contribution >= 4 is 40.8 Å². The standard InChI is InChI=1S/C18H17Cl2NO5/c1-3-25-15-5-4-11(6-16(15)24-2)18(23)26-10-17(22)21-14-8-12(19)7-13(20)9-14/h4-9H,3,10H2,1-2H3,(H,21,22). The van der Waals surface area contributed by atoms with Crippen LogP contribution in [0.4, 0.5) is 5.69 Å². The maximum atomic E-state index is 12.1. The van der Waals surface area contributed by atoms with Gasteiger partial charge in [-0.05, 0) is 43.3 Å². The lowest BCUT2D eigenvalue weighted by atomic mass is 10.2. The van der Waals surface area contributed by atoms with E-state index < -0.39 is 18.5 Å². The largest absolute Gasteiger partial charge is 0.493 e. The number of ether oxygens (including phenoxy) is 3. The molecule has 0 saturated heterocycles. The predicted molar refractivity (Wildman–Crippen MR) is 99.5 cm³/mol. The van der Waals surface area contributed by atoms with Crippen LogP contribution in [-0.4, -0.2) is 32.2 Å². The number of carbonyl (C=O) groups is 2. The fourth-order valence-electron chi connectivity index (χ4n) is 2.11. The number of esters is 1. The maximum absolute atomic E-state index is 12.1. The first-order chi connectivity index (χ1) is 12.4. The Morgan fingerprint density at radius 2 is 1.73 bits per heavy atom. The van der Waals surface area contributed by atoms with Gasteiger partial charge in [0.1, 0.15) is 0 Å². The number of benzene rings is 2. The van der Waals surface area contributed by atoms with Crippen LogP contribution in [0.1, 0.15) is 17.3 Å². The third kappa shape index (κ3) is 5.54. The number of rotatable bonds is 7. The van der Waals surface area contributed by atoms with E-state index in [2.05, 4.69) is 5.32 Å². The number of nitrogens with one attached hydrogen (secondary N) is 1. The van der Waals surface area contributed by atoms with Crippen molar-refractivity contribution in [2.75, 3.05) is 25.6 Å². The van der Waals surface area contributed by atoms with Crippen molar-refractivity contribution in [2.45, 2.75) is 6.92 Å². The Kier molecular flexibility index (Phi) is 7.12. The Hall–Kier alpha value is -2.44. The summed E-state index contributed by atoms with van der Waals surface area (Å²) >= 11 is 11.7. The van der Waals surface area contributed by atoms with Gasteiger partial charge in [-0.2, -0.15) is 0 Å². The molecule has 138 valence electrons. The van der Waals surface area contributed by atoms with Gasteiger partial charge in [-0.1, -0.05) is 23.2 Å². The van der Waals surface area contributed by atoms with E-state index in [1.54, 1.807) is 6.07 Å². The molecule has 0 aromatic heterocycles. The van der Waals surface area contributed by atoms with Crippen LogP contribution in [0, 0.1) is 0 Å². The van der Waals surface area contributed by atoms with E-state index in [-0.39, 0.29) is 5.56 Å². The summed E-state index contributed by atoms with van der Waals surface area (Å²) in [5, 5.41) is 3.31. The normalized spacial score (nSPS) is 10.2. The van der Waals surface area contributed by atoms with Crippen LogP contribution in [-0.2, 0) is 9.53 Å². The van der Waals surface area contributed by atoms with Gasteiger partial charge in [0.15, 0.2) is 18.1 Å². The molecule has 2 rings (SSSR count). The number of amides is 1. The van der Waals surface area contributed by atoms with Gasteiger partial charge >= 0.3 is 5.97 Å². The molecule has 26 heavy (non-hydrogen) atoms. The van der Waals surface area contributed by atoms with E-state index >= 15 is 0 Å². The third-order valence-electron chi connectivity index (χ3n) is 3.18. The molecular weight excluding hydrogens is 381 g/mol. The van der Waals surface area contributed by atoms with E-state index in [1.165, 1.54) is 37.4 Å². The van der Waals surface area contributed by atoms with E-state index in [4.69, 9.17) is 37.4 Å². The Bertz CT molecular complexity index is 790. The summed E-state index contributed by atoms with van der Waals surface area (Å²) in [5.74, 6) is -0.262. The molecule has 0 bridgehead atoms. The molecule has 0 saturated carbocycles. The van der Waals surface area contributed by atoms with Crippen LogP contribution >= 0.6 is 23.2 Å². The van der Waals surface area contributed by atoms with Crippen molar-refractivity contribution in [3.8, 4) is 11.5 Å². The minimum absolute atomic E-state index is 0.240. The van der Waals surface area contributed by atoms with E-state index in [0.29, 0.717) is 33.8 Å². The second-order valence-electron chi connectivity index (χ2n) is 5.08. The lowest BCUT2D eigenvalue weighted by molar-refractivity contribution is -0.119. The molecule has 2 aromatic rings. The van der Waals surface area contributed by atoms with Gasteiger partial charge in [-0.15, -0.1) is 0 Å². The molecular formula is C18H17Cl2NO5. The van der Waals surface area contributed by atoms with Gasteiger partial charge in [-0.25, -0.2) is 4.79 Å². The van der Waals surface area contributed by atoms with Crippen LogP contribution in [0.2, 0.25) is 10.0 Å². The molecule has 0 radical (unpaired) electrons. The third-order valence-corrected chi connectivity index (χ3v) is 3.62. The highest BCUT2D eigenvalue weighted by Crippen LogP contribution is 2.28. The monoisotopic (exact) mass is 397 g/mol. The molecule has 2 aromatic carbocycles. The molecule has 6 nitrogen and oxygen atoms in total. The summed E-state index contributed by atoms with van der Waals surface area (Å²) in [5.41, 5.74) is 0.648. The zero-order valence-electron chi connectivity index (χ0n) is 14.2. The van der Waals surface area contributed by atoms with Crippen molar-refractivity contribution in [1.29, 1.82) is 0 Å². The molecule has 1 N–H and O–H groups in total. The summed E-state index contributed by atoms with van der Waals surface area (Å²) < 4.78 is 15.6. The first-order valence-electron chi connectivity index (χ1n) is 7.66. The molecule has 0 aliphatic heterocycles. The zero-order chi connectivity index (χ0) is 19.1. The average molecular weight is 398 g/mol. The molecule has 0 atom stereocenters. The summed E-state index contributed by atoms with van der Waals surface area (Å²) in [6.45, 7) is 1.85. The van der Waals surface area contributed by atoms with Crippen molar-refractivity contribution in [2.24, 2.45) is 0 Å². The van der Waals surface area contributed by atoms with Crippen molar-refractivity contribution < 1.29 is 23.8 Å². The van der Waals surface area contributed by atoms with Crippen molar-refractivity contribution in [3.63, 3.8) is 0 Å². The fourth-order valence-corrected chi connectivity index (χ4v) is 2.63. The molecule has 0 spiro atoms. The van der Waals surface area contributed by atoms with Crippen LogP contribution in [0.3, 0.4) is 0 Å². The number of anilines is 1. The molecule has 8 heteroatoms. The second-order valence-corrected chi connectivity index (χ2v) is 5.95. The number of methoxy groups -OCH3 is 1. The molecule has 0 fully saturated rings. The van der Waals surface area contributed by atoms with E-state index in [1.807, 2.05) is 6.92 Å². The number of hydrogen-bond donors (Lipinski definition) is 1. The smallest absolute Gasteiger partial charge is 0.338 e. The predicted octanol–water partition coefficient (Wildman–Crippen LogP) is 4.20. The van der Waals surface area contributed by atoms with Crippen LogP contribution in [0.5, 0.6) is 11.5 Å². The number of carbonyl (C=O) groups excluding carboxylic acids is 2. The Labute approximate surface area is 160 Å². The summed E-state index contributed by atoms with van der Waals surface area (Å²) in [6.07, 6.45) is 0. The van der Waals surface area contributed by atoms with Gasteiger partial charge < -0.3 is 19.5 Å². The molecule has 0 heterocycles. The zero-order valence-corrected chi connectivity index (χ0v) is 15.7. The van der Waals surface area contributed by atoms with Crippen molar-refractivity contribution in [1.82, 2.24) is 0 Å². The topological polar surface area (TPSA) is 73.9 Å². The van der Waals surface area contributed by atoms with Gasteiger partial charge in [0.05, 0.1) is 19.3 Å². The van der Waals surface area contributed by atoms with Crippen LogP contribution in [0.15, 0.2) is 36.4 Å². The fraction of sp³-hybridized carbons (Fsp3) is 0.222. The summed E-state index contributed by atoms with van der Waals surface area (Å²) in [7, 11) is 1.47. The highest BCUT2D eigenvalue weighted by molar-refractivity contribution is 6.35. The van der Waals surface area contributed by atoms with Gasteiger partial charge in [-0.3, -0.25) is 4.79 Å². The highest BCUT2D eigenvalue weighted by Gasteiger charge is 2.14. The van der Waals surface area contributed by atoms with Gasteiger partial charge in [0, 0.05) is 15.7 Å². The highest BCUT2D eigenvalue weighted by atomic mass is 35.5.